The predicted octanol–water partition coefficient (Wildman–Crippen LogP) is 9.45. The summed E-state index contributed by atoms with van der Waals surface area (Å²) in [5.41, 5.74) is 1.53. The first-order valence-electron chi connectivity index (χ1n) is 22.4. The normalized spacial score (nSPS) is 11.4. The summed E-state index contributed by atoms with van der Waals surface area (Å²) in [6.45, 7) is 14.0. The third-order valence-electron chi connectivity index (χ3n) is 9.19. The van der Waals surface area contributed by atoms with E-state index in [1.807, 2.05) is 12.1 Å². The summed E-state index contributed by atoms with van der Waals surface area (Å²) in [7, 11) is 0. The van der Waals surface area contributed by atoms with Gasteiger partial charge in [0.05, 0.1) is 105 Å². The van der Waals surface area contributed by atoms with Crippen molar-refractivity contribution in [2.45, 2.75) is 129 Å². The Morgan fingerprint density at radius 1 is 0.375 bits per heavy atom. The minimum Gasteiger partial charge on any atom is -0.460 e. The zero-order chi connectivity index (χ0) is 40.1. The van der Waals surface area contributed by atoms with Crippen LogP contribution >= 0.6 is 0 Å². The molecule has 0 atom stereocenters. The lowest BCUT2D eigenvalue weighted by Crippen LogP contribution is -2.15. The number of carbonyl (C=O) groups excluding carboxylic acids is 1. The van der Waals surface area contributed by atoms with Crippen molar-refractivity contribution in [1.29, 1.82) is 0 Å². The number of carbonyl (C=O) groups is 1. The van der Waals surface area contributed by atoms with Gasteiger partial charge in [-0.15, -0.1) is 0 Å². The standard InChI is InChI=1S/C45H83NO10/c1-3-5-7-8-9-10-11-12-13-14-15-16-17-18-19-20-26-48-27-28-49-29-30-50-31-32-51-33-34-52-35-36-53-37-38-54-39-40-55-41-42-56-45(47)43-21-23-44(24-22-43)46-25-6-4-2/h21-24,46H,3-20,25-42H2,1-2H3. The second kappa shape index (κ2) is 44.3. The van der Waals surface area contributed by atoms with Gasteiger partial charge in [0.25, 0.3) is 0 Å². The summed E-state index contributed by atoms with van der Waals surface area (Å²) in [5, 5.41) is 3.33. The number of nitrogens with one attached hydrogen (secondary N) is 1. The van der Waals surface area contributed by atoms with Gasteiger partial charge in [-0.3, -0.25) is 0 Å². The summed E-state index contributed by atoms with van der Waals surface area (Å²) in [5.74, 6) is -0.354. The first-order valence-corrected chi connectivity index (χ1v) is 22.4. The zero-order valence-corrected chi connectivity index (χ0v) is 35.8. The number of anilines is 1. The predicted molar refractivity (Wildman–Crippen MR) is 226 cm³/mol. The van der Waals surface area contributed by atoms with Gasteiger partial charge in [0, 0.05) is 18.8 Å². The molecular formula is C45H83NO10. The summed E-state index contributed by atoms with van der Waals surface area (Å²) in [6.07, 6.45) is 24.4. The fourth-order valence-electron chi connectivity index (χ4n) is 5.80. The van der Waals surface area contributed by atoms with Crippen LogP contribution in [0.3, 0.4) is 0 Å². The van der Waals surface area contributed by atoms with E-state index in [0.717, 1.165) is 38.1 Å². The number of ether oxygens (including phenoxy) is 9. The molecule has 1 rings (SSSR count). The molecule has 0 heterocycles. The van der Waals surface area contributed by atoms with Crippen LogP contribution in [0.2, 0.25) is 0 Å². The summed E-state index contributed by atoms with van der Waals surface area (Å²) < 4.78 is 49.6. The maximum absolute atomic E-state index is 12.1. The van der Waals surface area contributed by atoms with Crippen molar-refractivity contribution in [3.63, 3.8) is 0 Å². The van der Waals surface area contributed by atoms with E-state index >= 15 is 0 Å². The van der Waals surface area contributed by atoms with Crippen LogP contribution in [0.15, 0.2) is 24.3 Å². The Kier molecular flexibility index (Phi) is 41.3. The molecule has 56 heavy (non-hydrogen) atoms. The number of hydrogen-bond donors (Lipinski definition) is 1. The van der Waals surface area contributed by atoms with Crippen LogP contribution in [-0.4, -0.2) is 125 Å². The van der Waals surface area contributed by atoms with Gasteiger partial charge in [-0.2, -0.15) is 0 Å². The van der Waals surface area contributed by atoms with Gasteiger partial charge in [0.15, 0.2) is 0 Å². The Morgan fingerprint density at radius 2 is 0.679 bits per heavy atom. The van der Waals surface area contributed by atoms with Crippen molar-refractivity contribution in [3.8, 4) is 0 Å². The quantitative estimate of drug-likeness (QED) is 0.0503. The molecule has 0 aliphatic carbocycles. The van der Waals surface area contributed by atoms with Gasteiger partial charge < -0.3 is 47.9 Å². The van der Waals surface area contributed by atoms with Crippen LogP contribution in [0.4, 0.5) is 5.69 Å². The third kappa shape index (κ3) is 37.7. The number of unbranched alkanes of at least 4 members (excludes halogenated alkanes) is 16. The summed E-state index contributed by atoms with van der Waals surface area (Å²) >= 11 is 0. The molecule has 0 radical (unpaired) electrons. The molecule has 0 saturated carbocycles. The Bertz CT molecular complexity index is 923. The Hall–Kier alpha value is -1.83. The Labute approximate surface area is 341 Å². The molecule has 11 nitrogen and oxygen atoms in total. The molecule has 0 bridgehead atoms. The number of hydrogen-bond acceptors (Lipinski definition) is 11. The van der Waals surface area contributed by atoms with Crippen molar-refractivity contribution >= 4 is 11.7 Å². The molecular weight excluding hydrogens is 714 g/mol. The first kappa shape index (κ1) is 52.2. The van der Waals surface area contributed by atoms with E-state index in [1.54, 1.807) is 12.1 Å². The number of esters is 1. The molecule has 0 spiro atoms. The van der Waals surface area contributed by atoms with Crippen LogP contribution in [-0.2, 0) is 42.6 Å². The van der Waals surface area contributed by atoms with Crippen molar-refractivity contribution in [2.75, 3.05) is 124 Å². The fourth-order valence-corrected chi connectivity index (χ4v) is 5.80. The van der Waals surface area contributed by atoms with Crippen molar-refractivity contribution < 1.29 is 47.4 Å². The smallest absolute Gasteiger partial charge is 0.338 e. The van der Waals surface area contributed by atoms with Crippen LogP contribution in [0.5, 0.6) is 0 Å². The summed E-state index contributed by atoms with van der Waals surface area (Å²) in [6, 6.07) is 7.32. The highest BCUT2D eigenvalue weighted by atomic mass is 16.6. The monoisotopic (exact) mass is 798 g/mol. The SMILES string of the molecule is CCCCCCCCCCCCCCCCCCOCCOCCOCCOCCOCCOCCOCCOCCOC(=O)c1ccc(NCCCC)cc1. The van der Waals surface area contributed by atoms with Crippen molar-refractivity contribution in [3.05, 3.63) is 29.8 Å². The van der Waals surface area contributed by atoms with E-state index in [1.165, 1.54) is 96.3 Å². The van der Waals surface area contributed by atoms with Gasteiger partial charge >= 0.3 is 5.97 Å². The molecule has 0 saturated heterocycles. The molecule has 11 heteroatoms. The molecule has 1 N–H and O–H groups in total. The maximum atomic E-state index is 12.1. The average molecular weight is 798 g/mol. The van der Waals surface area contributed by atoms with E-state index in [0.29, 0.717) is 105 Å². The lowest BCUT2D eigenvalue weighted by molar-refractivity contribution is -0.0244. The van der Waals surface area contributed by atoms with Crippen LogP contribution < -0.4 is 5.32 Å². The van der Waals surface area contributed by atoms with Gasteiger partial charge in [-0.1, -0.05) is 117 Å². The average Bonchev–Trinajstić information content (AvgIpc) is 3.21. The first-order chi connectivity index (χ1) is 27.8. The molecule has 1 aromatic carbocycles. The highest BCUT2D eigenvalue weighted by Gasteiger charge is 2.07. The minimum absolute atomic E-state index is 0.197. The number of rotatable bonds is 46. The van der Waals surface area contributed by atoms with Crippen molar-refractivity contribution in [2.24, 2.45) is 0 Å². The van der Waals surface area contributed by atoms with E-state index in [9.17, 15) is 4.79 Å². The molecule has 0 fully saturated rings. The molecule has 1 aromatic rings. The lowest BCUT2D eigenvalue weighted by Gasteiger charge is -2.09. The van der Waals surface area contributed by atoms with Gasteiger partial charge in [-0.05, 0) is 37.1 Å². The zero-order valence-electron chi connectivity index (χ0n) is 35.8. The maximum Gasteiger partial charge on any atom is 0.338 e. The van der Waals surface area contributed by atoms with Crippen LogP contribution in [0.1, 0.15) is 140 Å². The lowest BCUT2D eigenvalue weighted by atomic mass is 10.0. The topological polar surface area (TPSA) is 112 Å². The van der Waals surface area contributed by atoms with Gasteiger partial charge in [0.2, 0.25) is 0 Å². The van der Waals surface area contributed by atoms with E-state index < -0.39 is 0 Å². The van der Waals surface area contributed by atoms with E-state index in [2.05, 4.69) is 19.2 Å². The highest BCUT2D eigenvalue weighted by molar-refractivity contribution is 5.89. The molecule has 0 aliphatic heterocycles. The third-order valence-corrected chi connectivity index (χ3v) is 9.19. The van der Waals surface area contributed by atoms with E-state index in [-0.39, 0.29) is 12.6 Å². The molecule has 328 valence electrons. The van der Waals surface area contributed by atoms with Crippen LogP contribution in [0, 0.1) is 0 Å². The second-order valence-electron chi connectivity index (χ2n) is 14.2. The van der Waals surface area contributed by atoms with Crippen LogP contribution in [0.25, 0.3) is 0 Å². The van der Waals surface area contributed by atoms with Gasteiger partial charge in [0.1, 0.15) is 6.61 Å². The Morgan fingerprint density at radius 3 is 1.04 bits per heavy atom. The minimum atomic E-state index is -0.354. The largest absolute Gasteiger partial charge is 0.460 e. The molecule has 0 aliphatic rings. The Balaban J connectivity index is 1.66. The molecule has 0 aromatic heterocycles. The highest BCUT2D eigenvalue weighted by Crippen LogP contribution is 2.14. The molecule has 0 unspecified atom stereocenters. The van der Waals surface area contributed by atoms with Gasteiger partial charge in [-0.25, -0.2) is 4.79 Å². The fraction of sp³-hybridized carbons (Fsp3) is 0.844. The summed E-state index contributed by atoms with van der Waals surface area (Å²) in [4.78, 5) is 12.1. The molecule has 0 amide bonds. The van der Waals surface area contributed by atoms with E-state index in [4.69, 9.17) is 42.6 Å². The number of benzene rings is 1. The van der Waals surface area contributed by atoms with Crippen molar-refractivity contribution in [1.82, 2.24) is 0 Å². The second-order valence-corrected chi connectivity index (χ2v) is 14.2.